The molecule has 1 unspecified atom stereocenters. The van der Waals surface area contributed by atoms with Gasteiger partial charge in [-0.2, -0.15) is 0 Å². The molecule has 0 aliphatic carbocycles. The average Bonchev–Trinajstić information content (AvgIpc) is 2.72. The molecule has 2 aromatic carbocycles. The summed E-state index contributed by atoms with van der Waals surface area (Å²) in [4.78, 5) is 0. The molecule has 1 aliphatic heterocycles. The molecule has 0 bridgehead atoms. The summed E-state index contributed by atoms with van der Waals surface area (Å²) >= 11 is 0. The molecule has 1 saturated heterocycles. The number of benzene rings is 2. The molecule has 0 saturated carbocycles. The molecule has 4 nitrogen and oxygen atoms in total. The van der Waals surface area contributed by atoms with Gasteiger partial charge in [0.2, 0.25) is 0 Å². The summed E-state index contributed by atoms with van der Waals surface area (Å²) in [6, 6.07) is 14.0. The first-order valence-corrected chi connectivity index (χ1v) is 8.42. The zero-order chi connectivity index (χ0) is 17.4. The molecule has 0 amide bonds. The highest BCUT2D eigenvalue weighted by atomic mass is 16.7. The van der Waals surface area contributed by atoms with Gasteiger partial charge in [0.25, 0.3) is 0 Å². The molecule has 1 atom stereocenters. The molecule has 1 aliphatic rings. The van der Waals surface area contributed by atoms with Crippen molar-refractivity contribution in [2.45, 2.75) is 51.3 Å². The topological polar surface area (TPSA) is 47.9 Å². The van der Waals surface area contributed by atoms with Gasteiger partial charge < -0.3 is 19.2 Å². The third-order valence-electron chi connectivity index (χ3n) is 4.93. The quantitative estimate of drug-likeness (QED) is 0.851. The van der Waals surface area contributed by atoms with Crippen LogP contribution in [0.15, 0.2) is 42.5 Å². The summed E-state index contributed by atoms with van der Waals surface area (Å²) in [6.07, 6.45) is -0.258. The Morgan fingerprint density at radius 3 is 2.29 bits per heavy atom. The second-order valence-electron chi connectivity index (χ2n) is 7.40. The first-order chi connectivity index (χ1) is 11.3. The Morgan fingerprint density at radius 2 is 1.62 bits per heavy atom. The van der Waals surface area contributed by atoms with E-state index in [0.717, 1.165) is 11.1 Å². The molecule has 0 spiro atoms. The van der Waals surface area contributed by atoms with Crippen molar-refractivity contribution in [2.24, 2.45) is 0 Å². The minimum atomic E-state index is -0.647. The fourth-order valence-electron chi connectivity index (χ4n) is 2.80. The minimum absolute atomic E-state index is 0.211. The normalized spacial score (nSPS) is 20.3. The number of aliphatic hydroxyl groups excluding tert-OH is 1. The lowest BCUT2D eigenvalue weighted by Crippen LogP contribution is -2.41. The van der Waals surface area contributed by atoms with Crippen LogP contribution in [-0.2, 0) is 9.31 Å². The fourth-order valence-corrected chi connectivity index (χ4v) is 2.80. The number of hydrogen-bond donors (Lipinski definition) is 1. The maximum atomic E-state index is 10.2. The molecule has 2 aromatic rings. The van der Waals surface area contributed by atoms with E-state index in [9.17, 15) is 5.11 Å². The Labute approximate surface area is 143 Å². The van der Waals surface area contributed by atoms with Gasteiger partial charge >= 0.3 is 7.12 Å². The number of hydrogen-bond acceptors (Lipinski definition) is 4. The maximum Gasteiger partial charge on any atom is 0.460 e. The zero-order valence-corrected chi connectivity index (χ0v) is 14.8. The Bertz CT molecular complexity index is 697. The summed E-state index contributed by atoms with van der Waals surface area (Å²) in [6.45, 7) is 8.23. The smallest absolute Gasteiger partial charge is 0.460 e. The summed E-state index contributed by atoms with van der Waals surface area (Å²) < 4.78 is 17.5. The average molecular weight is 328 g/mol. The van der Waals surface area contributed by atoms with Crippen LogP contribution in [0.3, 0.4) is 0 Å². The number of rotatable bonds is 5. The third-order valence-corrected chi connectivity index (χ3v) is 4.93. The van der Waals surface area contributed by atoms with Crippen LogP contribution >= 0.6 is 0 Å². The van der Waals surface area contributed by atoms with E-state index in [4.69, 9.17) is 14.0 Å². The van der Waals surface area contributed by atoms with Crippen molar-refractivity contribution in [3.8, 4) is 5.75 Å². The van der Waals surface area contributed by atoms with Crippen LogP contribution in [0.2, 0.25) is 6.32 Å². The number of ether oxygens (including phenoxy) is 1. The minimum Gasteiger partial charge on any atom is -0.491 e. The van der Waals surface area contributed by atoms with E-state index in [1.54, 1.807) is 0 Å². The summed E-state index contributed by atoms with van der Waals surface area (Å²) in [5.74, 6) is 0.752. The van der Waals surface area contributed by atoms with Crippen LogP contribution in [-0.4, -0.2) is 36.1 Å². The van der Waals surface area contributed by atoms with E-state index in [1.165, 1.54) is 5.39 Å². The molecule has 3 rings (SSSR count). The third kappa shape index (κ3) is 3.58. The lowest BCUT2D eigenvalue weighted by atomic mass is 9.82. The van der Waals surface area contributed by atoms with Crippen LogP contribution in [0, 0.1) is 0 Å². The van der Waals surface area contributed by atoms with Crippen LogP contribution in [0.1, 0.15) is 27.7 Å². The van der Waals surface area contributed by atoms with E-state index in [0.29, 0.717) is 6.32 Å². The van der Waals surface area contributed by atoms with Crippen molar-refractivity contribution in [1.29, 1.82) is 0 Å². The van der Waals surface area contributed by atoms with Crippen molar-refractivity contribution in [1.82, 2.24) is 0 Å². The molecule has 0 aromatic heterocycles. The Hall–Kier alpha value is -1.56. The molecule has 1 heterocycles. The van der Waals surface area contributed by atoms with Crippen LogP contribution in [0.4, 0.5) is 0 Å². The summed E-state index contributed by atoms with van der Waals surface area (Å²) in [5, 5.41) is 12.5. The molecule has 5 heteroatoms. The standard InChI is InChI=1S/C19H25BO4/c1-18(2)19(3,4)24-20(23-18)12-16(21)13-22-17-10-9-14-7-5-6-8-15(14)11-17/h5-11,16,21H,12-13H2,1-4H3. The summed E-state index contributed by atoms with van der Waals surface area (Å²) in [7, 11) is -0.412. The zero-order valence-electron chi connectivity index (χ0n) is 14.8. The van der Waals surface area contributed by atoms with Crippen molar-refractivity contribution in [2.75, 3.05) is 6.61 Å². The van der Waals surface area contributed by atoms with Gasteiger partial charge in [0.15, 0.2) is 0 Å². The van der Waals surface area contributed by atoms with Crippen molar-refractivity contribution in [3.63, 3.8) is 0 Å². The molecular weight excluding hydrogens is 303 g/mol. The molecule has 24 heavy (non-hydrogen) atoms. The predicted octanol–water partition coefficient (Wildman–Crippen LogP) is 3.67. The van der Waals surface area contributed by atoms with Crippen molar-refractivity contribution < 1.29 is 19.2 Å². The number of fused-ring (bicyclic) bond motifs is 1. The second-order valence-corrected chi connectivity index (χ2v) is 7.40. The molecular formula is C19H25BO4. The Morgan fingerprint density at radius 1 is 1.00 bits per heavy atom. The van der Waals surface area contributed by atoms with Gasteiger partial charge in [-0.05, 0) is 50.6 Å². The van der Waals surface area contributed by atoms with E-state index in [1.807, 2.05) is 64.1 Å². The molecule has 1 fully saturated rings. The highest BCUT2D eigenvalue weighted by Crippen LogP contribution is 2.38. The summed E-state index contributed by atoms with van der Waals surface area (Å²) in [5.41, 5.74) is -0.757. The van der Waals surface area contributed by atoms with E-state index >= 15 is 0 Å². The Balaban J connectivity index is 1.55. The SMILES string of the molecule is CC1(C)OB(CC(O)COc2ccc3ccccc3c2)OC1(C)C. The largest absolute Gasteiger partial charge is 0.491 e. The van der Waals surface area contributed by atoms with Crippen molar-refractivity contribution >= 4 is 17.9 Å². The second kappa shape index (κ2) is 6.39. The van der Waals surface area contributed by atoms with Gasteiger partial charge in [-0.25, -0.2) is 0 Å². The van der Waals surface area contributed by atoms with E-state index in [-0.39, 0.29) is 17.8 Å². The van der Waals surface area contributed by atoms with Gasteiger partial charge in [-0.15, -0.1) is 0 Å². The lowest BCUT2D eigenvalue weighted by molar-refractivity contribution is 0.00578. The van der Waals surface area contributed by atoms with Crippen molar-refractivity contribution in [3.05, 3.63) is 42.5 Å². The van der Waals surface area contributed by atoms with Crippen LogP contribution in [0.5, 0.6) is 5.75 Å². The lowest BCUT2D eigenvalue weighted by Gasteiger charge is -2.32. The molecule has 128 valence electrons. The highest BCUT2D eigenvalue weighted by Gasteiger charge is 2.51. The van der Waals surface area contributed by atoms with Crippen LogP contribution in [0.25, 0.3) is 10.8 Å². The molecule has 0 radical (unpaired) electrons. The van der Waals surface area contributed by atoms with Gasteiger partial charge in [0.05, 0.1) is 17.3 Å². The Kier molecular flexibility index (Phi) is 4.60. The predicted molar refractivity (Wildman–Crippen MR) is 96.3 cm³/mol. The fraction of sp³-hybridized carbons (Fsp3) is 0.474. The number of aliphatic hydroxyl groups is 1. The van der Waals surface area contributed by atoms with Gasteiger partial charge in [-0.3, -0.25) is 0 Å². The monoisotopic (exact) mass is 328 g/mol. The highest BCUT2D eigenvalue weighted by molar-refractivity contribution is 6.45. The maximum absolute atomic E-state index is 10.2. The van der Waals surface area contributed by atoms with Crippen LogP contribution < -0.4 is 4.74 Å². The first kappa shape index (κ1) is 17.3. The molecule has 1 N–H and O–H groups in total. The van der Waals surface area contributed by atoms with E-state index in [2.05, 4.69) is 6.07 Å². The van der Waals surface area contributed by atoms with Gasteiger partial charge in [0, 0.05) is 6.32 Å². The van der Waals surface area contributed by atoms with Gasteiger partial charge in [0.1, 0.15) is 12.4 Å². The van der Waals surface area contributed by atoms with E-state index < -0.39 is 13.2 Å². The van der Waals surface area contributed by atoms with Gasteiger partial charge in [-0.1, -0.05) is 30.3 Å². The first-order valence-electron chi connectivity index (χ1n) is 8.42.